The van der Waals surface area contributed by atoms with Gasteiger partial charge in [-0.05, 0) is 31.8 Å². The highest BCUT2D eigenvalue weighted by atomic mass is 16.3. The summed E-state index contributed by atoms with van der Waals surface area (Å²) in [5.74, 6) is 1.67. The number of allylic oxidation sites excluding steroid dienone is 1. The number of carbonyl (C=O) groups excluding carboxylic acids is 2. The zero-order chi connectivity index (χ0) is 12.7. The molecule has 17 heavy (non-hydrogen) atoms. The van der Waals surface area contributed by atoms with Crippen molar-refractivity contribution in [3.63, 3.8) is 0 Å². The van der Waals surface area contributed by atoms with Crippen LogP contribution in [0.2, 0.25) is 0 Å². The molecular formula is C14H16O3. The number of aldehydes is 1. The Balaban J connectivity index is 2.54. The zero-order valence-corrected chi connectivity index (χ0v) is 9.90. The number of aliphatic hydroxyl groups is 1. The van der Waals surface area contributed by atoms with Crippen molar-refractivity contribution < 1.29 is 14.7 Å². The molecule has 2 aliphatic rings. The topological polar surface area (TPSA) is 54.4 Å². The largest absolute Gasteiger partial charge is 0.377 e. The van der Waals surface area contributed by atoms with Crippen molar-refractivity contribution in [2.45, 2.75) is 38.2 Å². The molecule has 0 heterocycles. The Kier molecular flexibility index (Phi) is 2.71. The van der Waals surface area contributed by atoms with Gasteiger partial charge in [0.05, 0.1) is 5.92 Å². The number of fused-ring (bicyclic) bond motifs is 1. The smallest absolute Gasteiger partial charge is 0.165 e. The van der Waals surface area contributed by atoms with E-state index in [9.17, 15) is 14.7 Å². The van der Waals surface area contributed by atoms with Crippen LogP contribution in [0.5, 0.6) is 0 Å². The van der Waals surface area contributed by atoms with Crippen LogP contribution < -0.4 is 0 Å². The van der Waals surface area contributed by atoms with Crippen LogP contribution in [0.15, 0.2) is 11.6 Å². The quantitative estimate of drug-likeness (QED) is 0.443. The van der Waals surface area contributed by atoms with Gasteiger partial charge in [0, 0.05) is 5.41 Å². The van der Waals surface area contributed by atoms with Crippen molar-refractivity contribution in [2.24, 2.45) is 11.3 Å². The lowest BCUT2D eigenvalue weighted by Gasteiger charge is -2.42. The molecule has 0 saturated heterocycles. The zero-order valence-electron chi connectivity index (χ0n) is 9.90. The molecule has 3 nitrogen and oxygen atoms in total. The molecule has 0 aromatic heterocycles. The molecule has 1 fully saturated rings. The fourth-order valence-corrected chi connectivity index (χ4v) is 3.31. The summed E-state index contributed by atoms with van der Waals surface area (Å²) in [5.41, 5.74) is -0.875. The number of rotatable bonds is 2. The Morgan fingerprint density at radius 3 is 2.94 bits per heavy atom. The predicted molar refractivity (Wildman–Crippen MR) is 63.0 cm³/mol. The van der Waals surface area contributed by atoms with Gasteiger partial charge in [-0.1, -0.05) is 18.4 Å². The molecule has 0 amide bonds. The van der Waals surface area contributed by atoms with Crippen molar-refractivity contribution in [2.75, 3.05) is 0 Å². The molecule has 2 rings (SSSR count). The van der Waals surface area contributed by atoms with E-state index in [1.54, 1.807) is 0 Å². The lowest BCUT2D eigenvalue weighted by molar-refractivity contribution is -0.127. The third-order valence-corrected chi connectivity index (χ3v) is 4.42. The van der Waals surface area contributed by atoms with E-state index in [0.717, 1.165) is 5.57 Å². The van der Waals surface area contributed by atoms with Crippen molar-refractivity contribution in [3.8, 4) is 12.3 Å². The second-order valence-electron chi connectivity index (χ2n) is 4.96. The van der Waals surface area contributed by atoms with Crippen LogP contribution in [-0.2, 0) is 9.59 Å². The van der Waals surface area contributed by atoms with E-state index in [0.29, 0.717) is 32.0 Å². The Labute approximate surface area is 101 Å². The van der Waals surface area contributed by atoms with Gasteiger partial charge in [0.15, 0.2) is 5.78 Å². The Morgan fingerprint density at radius 2 is 2.41 bits per heavy atom. The minimum atomic E-state index is -1.21. The van der Waals surface area contributed by atoms with Gasteiger partial charge in [-0.2, -0.15) is 0 Å². The summed E-state index contributed by atoms with van der Waals surface area (Å²) in [4.78, 5) is 22.6. The van der Waals surface area contributed by atoms with E-state index in [1.807, 2.05) is 6.92 Å². The highest BCUT2D eigenvalue weighted by molar-refractivity contribution is 6.02. The first-order valence-electron chi connectivity index (χ1n) is 5.93. The van der Waals surface area contributed by atoms with Crippen LogP contribution in [0, 0.1) is 23.7 Å². The normalized spacial score (nSPS) is 40.4. The average molecular weight is 232 g/mol. The van der Waals surface area contributed by atoms with E-state index in [4.69, 9.17) is 6.42 Å². The third kappa shape index (κ3) is 1.41. The van der Waals surface area contributed by atoms with Crippen LogP contribution in [0.25, 0.3) is 0 Å². The van der Waals surface area contributed by atoms with Crippen LogP contribution in [0.3, 0.4) is 0 Å². The minimum absolute atomic E-state index is 0.152. The number of hydrogen-bond acceptors (Lipinski definition) is 3. The molecule has 0 aromatic carbocycles. The highest BCUT2D eigenvalue weighted by Crippen LogP contribution is 2.57. The molecule has 2 unspecified atom stereocenters. The minimum Gasteiger partial charge on any atom is -0.377 e. The SMILES string of the molecule is C#C[C@]1(O)CCC2=CC(=O)C(C=O)CC21CC. The number of ketones is 1. The van der Waals surface area contributed by atoms with Crippen LogP contribution in [-0.4, -0.2) is 22.8 Å². The molecular weight excluding hydrogens is 216 g/mol. The van der Waals surface area contributed by atoms with Gasteiger partial charge in [0.25, 0.3) is 0 Å². The lowest BCUT2D eigenvalue weighted by atomic mass is 9.62. The Morgan fingerprint density at radius 1 is 1.71 bits per heavy atom. The number of terminal acetylenes is 1. The van der Waals surface area contributed by atoms with E-state index >= 15 is 0 Å². The van der Waals surface area contributed by atoms with Crippen LogP contribution in [0.4, 0.5) is 0 Å². The maximum absolute atomic E-state index is 11.7. The van der Waals surface area contributed by atoms with E-state index in [-0.39, 0.29) is 5.78 Å². The van der Waals surface area contributed by atoms with Crippen molar-refractivity contribution in [1.29, 1.82) is 0 Å². The molecule has 90 valence electrons. The van der Waals surface area contributed by atoms with Gasteiger partial charge in [-0.15, -0.1) is 6.42 Å². The Hall–Kier alpha value is -1.40. The van der Waals surface area contributed by atoms with Gasteiger partial charge >= 0.3 is 0 Å². The summed E-state index contributed by atoms with van der Waals surface area (Å²) in [5, 5.41) is 10.5. The molecule has 0 bridgehead atoms. The maximum atomic E-state index is 11.7. The van der Waals surface area contributed by atoms with Gasteiger partial charge in [-0.25, -0.2) is 0 Å². The molecule has 2 aliphatic carbocycles. The maximum Gasteiger partial charge on any atom is 0.165 e. The monoisotopic (exact) mass is 232 g/mol. The average Bonchev–Trinajstić information content (AvgIpc) is 2.63. The standard InChI is InChI=1S/C14H16O3/c1-3-13-8-10(9-15)12(16)7-11(13)5-6-14(13,17)4-2/h2,7,9-10,17H,3,5-6,8H2,1H3/t10?,13?,14-/m0/s1. The van der Waals surface area contributed by atoms with E-state index < -0.39 is 16.9 Å². The van der Waals surface area contributed by atoms with Crippen molar-refractivity contribution >= 4 is 12.1 Å². The molecule has 0 aromatic rings. The number of hydrogen-bond donors (Lipinski definition) is 1. The molecule has 3 heteroatoms. The first-order valence-corrected chi connectivity index (χ1v) is 5.93. The molecule has 3 atom stereocenters. The van der Waals surface area contributed by atoms with Gasteiger partial charge < -0.3 is 9.90 Å². The summed E-state index contributed by atoms with van der Waals surface area (Å²) in [6.07, 6.45) is 9.77. The predicted octanol–water partition coefficient (Wildman–Crippen LogP) is 1.26. The van der Waals surface area contributed by atoms with Gasteiger partial charge in [-0.3, -0.25) is 4.79 Å². The van der Waals surface area contributed by atoms with Crippen molar-refractivity contribution in [3.05, 3.63) is 11.6 Å². The third-order valence-electron chi connectivity index (χ3n) is 4.42. The van der Waals surface area contributed by atoms with Gasteiger partial charge in [0.2, 0.25) is 0 Å². The molecule has 0 radical (unpaired) electrons. The first-order chi connectivity index (χ1) is 8.03. The van der Waals surface area contributed by atoms with Crippen LogP contribution in [0.1, 0.15) is 32.6 Å². The van der Waals surface area contributed by atoms with E-state index in [2.05, 4.69) is 5.92 Å². The summed E-state index contributed by atoms with van der Waals surface area (Å²) in [7, 11) is 0. The Bertz CT molecular complexity index is 443. The highest BCUT2D eigenvalue weighted by Gasteiger charge is 2.57. The summed E-state index contributed by atoms with van der Waals surface area (Å²) in [6, 6.07) is 0. The fourth-order valence-electron chi connectivity index (χ4n) is 3.31. The molecule has 1 N–H and O–H groups in total. The molecule has 0 spiro atoms. The number of carbonyl (C=O) groups is 2. The molecule has 0 aliphatic heterocycles. The van der Waals surface area contributed by atoms with E-state index in [1.165, 1.54) is 6.08 Å². The fraction of sp³-hybridized carbons (Fsp3) is 0.571. The summed E-state index contributed by atoms with van der Waals surface area (Å²) < 4.78 is 0. The lowest BCUT2D eigenvalue weighted by Crippen LogP contribution is -2.47. The van der Waals surface area contributed by atoms with Crippen molar-refractivity contribution in [1.82, 2.24) is 0 Å². The summed E-state index contributed by atoms with van der Waals surface area (Å²) >= 11 is 0. The van der Waals surface area contributed by atoms with Crippen LogP contribution >= 0.6 is 0 Å². The van der Waals surface area contributed by atoms with Gasteiger partial charge in [0.1, 0.15) is 11.9 Å². The first kappa shape index (κ1) is 12.1. The summed E-state index contributed by atoms with van der Waals surface area (Å²) in [6.45, 7) is 1.94. The second-order valence-corrected chi connectivity index (χ2v) is 4.96. The second kappa shape index (κ2) is 3.82. The molecule has 1 saturated carbocycles.